The molecule has 7 nitrogen and oxygen atoms in total. The highest BCUT2D eigenvalue weighted by molar-refractivity contribution is 7.89. The Morgan fingerprint density at radius 3 is 2.64 bits per heavy atom. The predicted molar refractivity (Wildman–Crippen MR) is 77.2 cm³/mol. The maximum atomic E-state index is 12.6. The van der Waals surface area contributed by atoms with Gasteiger partial charge in [-0.2, -0.15) is 4.31 Å². The summed E-state index contributed by atoms with van der Waals surface area (Å²) in [4.78, 5) is 0.121. The van der Waals surface area contributed by atoms with E-state index in [0.29, 0.717) is 17.2 Å². The van der Waals surface area contributed by atoms with Gasteiger partial charge in [-0.05, 0) is 31.5 Å². The van der Waals surface area contributed by atoms with E-state index in [1.807, 2.05) is 6.07 Å². The summed E-state index contributed by atoms with van der Waals surface area (Å²) in [5.41, 5.74) is 1.16. The molecule has 0 saturated heterocycles. The largest absolute Gasteiger partial charge is 0.454 e. The van der Waals surface area contributed by atoms with E-state index < -0.39 is 10.0 Å². The van der Waals surface area contributed by atoms with Crippen molar-refractivity contribution in [3.8, 4) is 11.5 Å². The van der Waals surface area contributed by atoms with E-state index in [4.69, 9.17) is 14.0 Å². The van der Waals surface area contributed by atoms with Crippen molar-refractivity contribution in [3.63, 3.8) is 0 Å². The van der Waals surface area contributed by atoms with Crippen molar-refractivity contribution in [3.05, 3.63) is 35.2 Å². The third-order valence-electron chi connectivity index (χ3n) is 3.48. The molecule has 0 fully saturated rings. The summed E-state index contributed by atoms with van der Waals surface area (Å²) in [7, 11) is -2.14. The topological polar surface area (TPSA) is 81.9 Å². The molecule has 0 saturated carbocycles. The van der Waals surface area contributed by atoms with Crippen LogP contribution in [0.1, 0.15) is 17.0 Å². The Bertz CT molecular complexity index is 793. The van der Waals surface area contributed by atoms with Gasteiger partial charge in [0, 0.05) is 13.6 Å². The first-order valence-electron chi connectivity index (χ1n) is 6.67. The van der Waals surface area contributed by atoms with Gasteiger partial charge in [-0.1, -0.05) is 11.2 Å². The maximum Gasteiger partial charge on any atom is 0.248 e. The molecule has 3 rings (SSSR count). The zero-order valence-electron chi connectivity index (χ0n) is 12.5. The van der Waals surface area contributed by atoms with Crippen LogP contribution in [0.5, 0.6) is 11.5 Å². The van der Waals surface area contributed by atoms with Crippen LogP contribution in [-0.4, -0.2) is 31.7 Å². The molecule has 0 N–H and O–H groups in total. The van der Waals surface area contributed by atoms with Crippen molar-refractivity contribution in [2.45, 2.75) is 25.3 Å². The Labute approximate surface area is 128 Å². The van der Waals surface area contributed by atoms with E-state index in [1.165, 1.54) is 11.4 Å². The SMILES string of the molecule is Cc1noc(C)c1S(=O)(=O)N(C)Cc1ccc2c(c1)OCO2. The lowest BCUT2D eigenvalue weighted by Crippen LogP contribution is -2.27. The minimum atomic E-state index is -3.66. The highest BCUT2D eigenvalue weighted by atomic mass is 32.2. The number of nitrogens with zero attached hydrogens (tertiary/aromatic N) is 2. The van der Waals surface area contributed by atoms with Gasteiger partial charge in [-0.25, -0.2) is 8.42 Å². The monoisotopic (exact) mass is 324 g/mol. The van der Waals surface area contributed by atoms with Gasteiger partial charge in [0.15, 0.2) is 17.3 Å². The summed E-state index contributed by atoms with van der Waals surface area (Å²) in [6.45, 7) is 3.59. The fourth-order valence-electron chi connectivity index (χ4n) is 2.38. The van der Waals surface area contributed by atoms with Gasteiger partial charge in [0.2, 0.25) is 16.8 Å². The second-order valence-electron chi connectivity index (χ2n) is 5.10. The van der Waals surface area contributed by atoms with Crippen molar-refractivity contribution in [2.75, 3.05) is 13.8 Å². The Morgan fingerprint density at radius 2 is 1.95 bits per heavy atom. The molecule has 0 atom stereocenters. The third-order valence-corrected chi connectivity index (χ3v) is 5.53. The number of ether oxygens (including phenoxy) is 2. The van der Waals surface area contributed by atoms with Crippen LogP contribution in [0.4, 0.5) is 0 Å². The zero-order valence-corrected chi connectivity index (χ0v) is 13.3. The molecule has 22 heavy (non-hydrogen) atoms. The summed E-state index contributed by atoms with van der Waals surface area (Å²) in [6.07, 6.45) is 0. The highest BCUT2D eigenvalue weighted by Gasteiger charge is 2.28. The Morgan fingerprint density at radius 1 is 1.23 bits per heavy atom. The number of hydrogen-bond acceptors (Lipinski definition) is 6. The molecule has 0 bridgehead atoms. The van der Waals surface area contributed by atoms with Gasteiger partial charge in [0.05, 0.1) is 0 Å². The first-order valence-corrected chi connectivity index (χ1v) is 8.11. The van der Waals surface area contributed by atoms with Gasteiger partial charge >= 0.3 is 0 Å². The molecule has 118 valence electrons. The van der Waals surface area contributed by atoms with Gasteiger partial charge in [-0.15, -0.1) is 0 Å². The molecule has 0 aliphatic carbocycles. The van der Waals surface area contributed by atoms with Crippen molar-refractivity contribution in [1.82, 2.24) is 9.46 Å². The molecule has 0 amide bonds. The number of hydrogen-bond donors (Lipinski definition) is 0. The molecular formula is C14H16N2O5S. The molecular weight excluding hydrogens is 308 g/mol. The minimum Gasteiger partial charge on any atom is -0.454 e. The lowest BCUT2D eigenvalue weighted by Gasteiger charge is -2.17. The smallest absolute Gasteiger partial charge is 0.248 e. The lowest BCUT2D eigenvalue weighted by atomic mass is 10.2. The molecule has 8 heteroatoms. The fourth-order valence-corrected chi connectivity index (χ4v) is 3.82. The van der Waals surface area contributed by atoms with Gasteiger partial charge < -0.3 is 14.0 Å². The molecule has 0 spiro atoms. The van der Waals surface area contributed by atoms with E-state index in [0.717, 1.165) is 5.56 Å². The Balaban J connectivity index is 1.86. The van der Waals surface area contributed by atoms with Crippen molar-refractivity contribution in [1.29, 1.82) is 0 Å². The molecule has 1 aromatic carbocycles. The first-order chi connectivity index (χ1) is 10.4. The summed E-state index contributed by atoms with van der Waals surface area (Å²) >= 11 is 0. The van der Waals surface area contributed by atoms with E-state index >= 15 is 0 Å². The normalized spacial score (nSPS) is 13.8. The summed E-state index contributed by atoms with van der Waals surface area (Å²) < 4.78 is 42.0. The van der Waals surface area contributed by atoms with Crippen LogP contribution < -0.4 is 9.47 Å². The minimum absolute atomic E-state index is 0.121. The van der Waals surface area contributed by atoms with Gasteiger partial charge in [0.25, 0.3) is 0 Å². The molecule has 1 aromatic heterocycles. The second kappa shape index (κ2) is 5.29. The Hall–Kier alpha value is -2.06. The van der Waals surface area contributed by atoms with Crippen LogP contribution in [-0.2, 0) is 16.6 Å². The molecule has 1 aliphatic rings. The van der Waals surface area contributed by atoms with Crippen LogP contribution in [0.3, 0.4) is 0 Å². The number of rotatable bonds is 4. The number of aromatic nitrogens is 1. The zero-order chi connectivity index (χ0) is 15.9. The van der Waals surface area contributed by atoms with E-state index in [9.17, 15) is 8.42 Å². The van der Waals surface area contributed by atoms with E-state index in [1.54, 1.807) is 26.0 Å². The fraction of sp³-hybridized carbons (Fsp3) is 0.357. The van der Waals surface area contributed by atoms with Crippen LogP contribution in [0.25, 0.3) is 0 Å². The predicted octanol–water partition coefficient (Wildman–Crippen LogP) is 1.84. The maximum absolute atomic E-state index is 12.6. The van der Waals surface area contributed by atoms with E-state index in [-0.39, 0.29) is 24.0 Å². The lowest BCUT2D eigenvalue weighted by molar-refractivity contribution is 0.174. The first kappa shape index (κ1) is 14.9. The Kier molecular flexibility index (Phi) is 3.57. The number of aryl methyl sites for hydroxylation is 2. The van der Waals surface area contributed by atoms with Crippen LogP contribution >= 0.6 is 0 Å². The van der Waals surface area contributed by atoms with Gasteiger partial charge in [0.1, 0.15) is 10.6 Å². The molecule has 0 unspecified atom stereocenters. The van der Waals surface area contributed by atoms with Crippen molar-refractivity contribution in [2.24, 2.45) is 0 Å². The van der Waals surface area contributed by atoms with Crippen molar-refractivity contribution < 1.29 is 22.4 Å². The molecule has 2 aromatic rings. The number of fused-ring (bicyclic) bond motifs is 1. The summed E-state index contributed by atoms with van der Waals surface area (Å²) in [5, 5.41) is 3.70. The quantitative estimate of drug-likeness (QED) is 0.853. The standard InChI is InChI=1S/C14H16N2O5S/c1-9-14(10(2)21-15-9)22(17,18)16(3)7-11-4-5-12-13(6-11)20-8-19-12/h4-6H,7-8H2,1-3H3. The van der Waals surface area contributed by atoms with Crippen molar-refractivity contribution >= 4 is 10.0 Å². The average molecular weight is 324 g/mol. The van der Waals surface area contributed by atoms with E-state index in [2.05, 4.69) is 5.16 Å². The summed E-state index contributed by atoms with van der Waals surface area (Å²) in [5.74, 6) is 1.58. The van der Waals surface area contributed by atoms with Gasteiger partial charge in [-0.3, -0.25) is 0 Å². The van der Waals surface area contributed by atoms with Crippen LogP contribution in [0.15, 0.2) is 27.6 Å². The highest BCUT2D eigenvalue weighted by Crippen LogP contribution is 2.33. The average Bonchev–Trinajstić information content (AvgIpc) is 3.05. The molecule has 2 heterocycles. The number of benzene rings is 1. The molecule has 0 radical (unpaired) electrons. The molecule has 1 aliphatic heterocycles. The summed E-state index contributed by atoms with van der Waals surface area (Å²) in [6, 6.07) is 5.36. The second-order valence-corrected chi connectivity index (χ2v) is 7.08. The number of sulfonamides is 1. The van der Waals surface area contributed by atoms with Crippen LogP contribution in [0, 0.1) is 13.8 Å². The third kappa shape index (κ3) is 2.44. The van der Waals surface area contributed by atoms with Crippen LogP contribution in [0.2, 0.25) is 0 Å².